The molecule has 3 aromatic heterocycles. The smallest absolute Gasteiger partial charge is 0.271 e. The summed E-state index contributed by atoms with van der Waals surface area (Å²) in [7, 11) is 0. The van der Waals surface area contributed by atoms with E-state index in [-0.39, 0.29) is 11.5 Å². The molecular weight excluding hydrogens is 302 g/mol. The predicted octanol–water partition coefficient (Wildman–Crippen LogP) is 1.10. The van der Waals surface area contributed by atoms with Gasteiger partial charge < -0.3 is 5.32 Å². The van der Waals surface area contributed by atoms with Crippen LogP contribution in [0.1, 0.15) is 17.4 Å². The normalized spacial score (nSPS) is 11.0. The van der Waals surface area contributed by atoms with Crippen LogP contribution >= 0.6 is 11.3 Å². The molecular formula is C14H15N5O2S. The third kappa shape index (κ3) is 2.64. The van der Waals surface area contributed by atoms with E-state index in [1.165, 1.54) is 22.2 Å². The van der Waals surface area contributed by atoms with Crippen molar-refractivity contribution in [1.82, 2.24) is 24.6 Å². The highest BCUT2D eigenvalue weighted by atomic mass is 32.1. The third-order valence-corrected chi connectivity index (χ3v) is 4.21. The van der Waals surface area contributed by atoms with Crippen LogP contribution in [0.5, 0.6) is 0 Å². The number of hydrogen-bond acceptors (Lipinski definition) is 5. The SMILES string of the molecule is CCn1nccc1C(=O)NCCn1cnc2ccsc2c1=O. The molecule has 1 amide bonds. The van der Waals surface area contributed by atoms with E-state index in [1.807, 2.05) is 18.4 Å². The van der Waals surface area contributed by atoms with Crippen molar-refractivity contribution in [2.45, 2.75) is 20.0 Å². The van der Waals surface area contributed by atoms with E-state index in [4.69, 9.17) is 0 Å². The fraction of sp³-hybridized carbons (Fsp3) is 0.286. The minimum atomic E-state index is -0.197. The molecule has 114 valence electrons. The molecule has 0 bridgehead atoms. The summed E-state index contributed by atoms with van der Waals surface area (Å²) in [5, 5.41) is 8.69. The van der Waals surface area contributed by atoms with Gasteiger partial charge in [0.25, 0.3) is 11.5 Å². The number of aromatic nitrogens is 4. The fourth-order valence-electron chi connectivity index (χ4n) is 2.20. The van der Waals surface area contributed by atoms with Crippen molar-refractivity contribution < 1.29 is 4.79 Å². The van der Waals surface area contributed by atoms with Crippen LogP contribution in [0.3, 0.4) is 0 Å². The molecule has 0 saturated heterocycles. The summed E-state index contributed by atoms with van der Waals surface area (Å²) in [6.45, 7) is 3.29. The Balaban J connectivity index is 1.66. The summed E-state index contributed by atoms with van der Waals surface area (Å²) < 4.78 is 3.77. The number of carbonyl (C=O) groups is 1. The molecule has 0 fully saturated rings. The highest BCUT2D eigenvalue weighted by Crippen LogP contribution is 2.12. The zero-order valence-electron chi connectivity index (χ0n) is 12.0. The minimum absolute atomic E-state index is 0.0761. The van der Waals surface area contributed by atoms with Crippen LogP contribution < -0.4 is 10.9 Å². The maximum absolute atomic E-state index is 12.2. The third-order valence-electron chi connectivity index (χ3n) is 3.32. The number of nitrogens with zero attached hydrogens (tertiary/aromatic N) is 4. The molecule has 3 heterocycles. The number of hydrogen-bond donors (Lipinski definition) is 1. The lowest BCUT2D eigenvalue weighted by molar-refractivity contribution is 0.0941. The largest absolute Gasteiger partial charge is 0.349 e. The van der Waals surface area contributed by atoms with Crippen LogP contribution in [0.2, 0.25) is 0 Å². The van der Waals surface area contributed by atoms with Crippen molar-refractivity contribution >= 4 is 27.5 Å². The average molecular weight is 317 g/mol. The van der Waals surface area contributed by atoms with Crippen LogP contribution in [-0.2, 0) is 13.1 Å². The van der Waals surface area contributed by atoms with E-state index < -0.39 is 0 Å². The van der Waals surface area contributed by atoms with E-state index >= 15 is 0 Å². The molecule has 0 saturated carbocycles. The minimum Gasteiger partial charge on any atom is -0.349 e. The molecule has 22 heavy (non-hydrogen) atoms. The Morgan fingerprint density at radius 3 is 3.09 bits per heavy atom. The Morgan fingerprint density at radius 2 is 2.27 bits per heavy atom. The summed E-state index contributed by atoms with van der Waals surface area (Å²) in [6, 6.07) is 3.49. The molecule has 3 rings (SSSR count). The summed E-state index contributed by atoms with van der Waals surface area (Å²) in [5.41, 5.74) is 1.15. The molecule has 0 spiro atoms. The van der Waals surface area contributed by atoms with Crippen LogP contribution in [0, 0.1) is 0 Å². The molecule has 3 aromatic rings. The second-order valence-corrected chi connectivity index (χ2v) is 5.58. The van der Waals surface area contributed by atoms with Gasteiger partial charge in [-0.05, 0) is 24.4 Å². The summed E-state index contributed by atoms with van der Waals surface area (Å²) in [4.78, 5) is 28.5. The molecule has 8 heteroatoms. The Bertz CT molecular complexity index is 863. The standard InChI is InChI=1S/C14H15N5O2S/c1-2-19-11(3-5-17-19)13(20)15-6-7-18-9-16-10-4-8-22-12(10)14(18)21/h3-5,8-9H,2,6-7H2,1H3,(H,15,20). The second-order valence-electron chi connectivity index (χ2n) is 4.67. The highest BCUT2D eigenvalue weighted by Gasteiger charge is 2.11. The fourth-order valence-corrected chi connectivity index (χ4v) is 2.99. The number of thiophene rings is 1. The molecule has 0 atom stereocenters. The second kappa shape index (κ2) is 6.10. The number of aryl methyl sites for hydroxylation is 1. The molecule has 0 radical (unpaired) electrons. The molecule has 0 unspecified atom stereocenters. The van der Waals surface area contributed by atoms with Crippen LogP contribution in [0.15, 0.2) is 34.8 Å². The first-order chi connectivity index (χ1) is 10.7. The van der Waals surface area contributed by atoms with Gasteiger partial charge in [0.1, 0.15) is 10.4 Å². The van der Waals surface area contributed by atoms with Crippen LogP contribution in [0.4, 0.5) is 0 Å². The first kappa shape index (κ1) is 14.5. The Morgan fingerprint density at radius 1 is 1.41 bits per heavy atom. The zero-order chi connectivity index (χ0) is 15.5. The quantitative estimate of drug-likeness (QED) is 0.764. The van der Waals surface area contributed by atoms with Gasteiger partial charge in [-0.25, -0.2) is 4.98 Å². The van der Waals surface area contributed by atoms with E-state index in [9.17, 15) is 9.59 Å². The van der Waals surface area contributed by atoms with Gasteiger partial charge in [0.2, 0.25) is 0 Å². The first-order valence-electron chi connectivity index (χ1n) is 6.93. The Kier molecular flexibility index (Phi) is 4.01. The number of carbonyl (C=O) groups excluding carboxylic acids is 1. The van der Waals surface area contributed by atoms with E-state index in [0.29, 0.717) is 35.5 Å². The lowest BCUT2D eigenvalue weighted by atomic mass is 10.4. The van der Waals surface area contributed by atoms with Gasteiger partial charge in [-0.1, -0.05) is 0 Å². The maximum Gasteiger partial charge on any atom is 0.271 e. The highest BCUT2D eigenvalue weighted by molar-refractivity contribution is 7.17. The van der Waals surface area contributed by atoms with Crippen LogP contribution in [0.25, 0.3) is 10.2 Å². The first-order valence-corrected chi connectivity index (χ1v) is 7.81. The van der Waals surface area contributed by atoms with Crippen LogP contribution in [-0.4, -0.2) is 31.8 Å². The van der Waals surface area contributed by atoms with E-state index in [1.54, 1.807) is 16.9 Å². The van der Waals surface area contributed by atoms with E-state index in [0.717, 1.165) is 0 Å². The number of fused-ring (bicyclic) bond motifs is 1. The molecule has 0 aliphatic carbocycles. The van der Waals surface area contributed by atoms with Gasteiger partial charge >= 0.3 is 0 Å². The van der Waals surface area contributed by atoms with Gasteiger partial charge in [-0.15, -0.1) is 11.3 Å². The summed E-state index contributed by atoms with van der Waals surface area (Å²) >= 11 is 1.38. The number of rotatable bonds is 5. The van der Waals surface area contributed by atoms with Crippen molar-refractivity contribution in [2.24, 2.45) is 0 Å². The average Bonchev–Trinajstić information content (AvgIpc) is 3.17. The Labute approximate surface area is 130 Å². The lowest BCUT2D eigenvalue weighted by Gasteiger charge is -2.08. The van der Waals surface area contributed by atoms with Gasteiger partial charge in [0.05, 0.1) is 11.8 Å². The van der Waals surface area contributed by atoms with Gasteiger partial charge in [-0.2, -0.15) is 5.10 Å². The van der Waals surface area contributed by atoms with E-state index in [2.05, 4.69) is 15.4 Å². The monoisotopic (exact) mass is 317 g/mol. The van der Waals surface area contributed by atoms with Gasteiger partial charge in [0.15, 0.2) is 0 Å². The molecule has 7 nitrogen and oxygen atoms in total. The van der Waals surface area contributed by atoms with Crippen molar-refractivity contribution in [3.63, 3.8) is 0 Å². The van der Waals surface area contributed by atoms with Crippen molar-refractivity contribution in [3.8, 4) is 0 Å². The number of amides is 1. The topological polar surface area (TPSA) is 81.8 Å². The van der Waals surface area contributed by atoms with Crippen molar-refractivity contribution in [2.75, 3.05) is 6.54 Å². The summed E-state index contributed by atoms with van der Waals surface area (Å²) in [6.07, 6.45) is 3.11. The van der Waals surface area contributed by atoms with Gasteiger partial charge in [0, 0.05) is 25.8 Å². The molecule has 0 aromatic carbocycles. The molecule has 0 aliphatic rings. The molecule has 1 N–H and O–H groups in total. The Hall–Kier alpha value is -2.48. The van der Waals surface area contributed by atoms with Crippen molar-refractivity contribution in [1.29, 1.82) is 0 Å². The predicted molar refractivity (Wildman–Crippen MR) is 84.1 cm³/mol. The number of nitrogens with one attached hydrogen (secondary N) is 1. The maximum atomic E-state index is 12.2. The van der Waals surface area contributed by atoms with Gasteiger partial charge in [-0.3, -0.25) is 18.8 Å². The summed E-state index contributed by atoms with van der Waals surface area (Å²) in [5.74, 6) is -0.197. The lowest BCUT2D eigenvalue weighted by Crippen LogP contribution is -2.32. The zero-order valence-corrected chi connectivity index (χ0v) is 12.8. The molecule has 0 aliphatic heterocycles. The van der Waals surface area contributed by atoms with Crippen molar-refractivity contribution in [3.05, 3.63) is 46.1 Å².